The van der Waals surface area contributed by atoms with Crippen molar-refractivity contribution in [1.82, 2.24) is 24.6 Å². The molecule has 0 saturated carbocycles. The van der Waals surface area contributed by atoms with Crippen LogP contribution in [0.3, 0.4) is 0 Å². The first-order valence-electron chi connectivity index (χ1n) is 8.18. The summed E-state index contributed by atoms with van der Waals surface area (Å²) in [4.78, 5) is 30.7. The van der Waals surface area contributed by atoms with E-state index >= 15 is 0 Å². The summed E-state index contributed by atoms with van der Waals surface area (Å²) >= 11 is 0. The highest BCUT2D eigenvalue weighted by atomic mass is 16.6. The molecule has 1 fully saturated rings. The quantitative estimate of drug-likeness (QED) is 0.571. The van der Waals surface area contributed by atoms with Crippen molar-refractivity contribution >= 4 is 11.6 Å². The van der Waals surface area contributed by atoms with E-state index in [-0.39, 0.29) is 11.6 Å². The fourth-order valence-corrected chi connectivity index (χ4v) is 2.84. The topological polar surface area (TPSA) is 97.4 Å². The molecule has 1 aliphatic heterocycles. The van der Waals surface area contributed by atoms with Gasteiger partial charge in [-0.1, -0.05) is 6.07 Å². The van der Waals surface area contributed by atoms with E-state index in [1.54, 1.807) is 6.20 Å². The van der Waals surface area contributed by atoms with Crippen LogP contribution in [-0.4, -0.2) is 61.6 Å². The van der Waals surface area contributed by atoms with E-state index in [1.807, 2.05) is 23.2 Å². The van der Waals surface area contributed by atoms with Gasteiger partial charge in [0.05, 0.1) is 4.92 Å². The van der Waals surface area contributed by atoms with Crippen molar-refractivity contribution in [3.05, 3.63) is 52.6 Å². The summed E-state index contributed by atoms with van der Waals surface area (Å²) in [5.41, 5.74) is 1.11. The molecule has 0 aliphatic carbocycles. The molecule has 132 valence electrons. The molecule has 1 saturated heterocycles. The second-order valence-corrected chi connectivity index (χ2v) is 5.99. The number of hydrogen-bond acceptors (Lipinski definition) is 6. The second kappa shape index (κ2) is 7.84. The number of carbonyl (C=O) groups excluding carboxylic acids is 1. The summed E-state index contributed by atoms with van der Waals surface area (Å²) in [6.07, 6.45) is 6.46. The number of amides is 1. The minimum atomic E-state index is -0.493. The minimum absolute atomic E-state index is 0.0548. The lowest BCUT2D eigenvalue weighted by Gasteiger charge is -2.34. The SMILES string of the molecule is O=C(CCn1cc([N+](=O)[O-])cn1)N1CCN(Cc2cccnc2)CC1. The Balaban J connectivity index is 1.42. The van der Waals surface area contributed by atoms with Gasteiger partial charge in [0, 0.05) is 58.1 Å². The molecule has 1 amide bonds. The molecular weight excluding hydrogens is 324 g/mol. The number of hydrogen-bond donors (Lipinski definition) is 0. The Kier molecular flexibility index (Phi) is 5.34. The van der Waals surface area contributed by atoms with Gasteiger partial charge in [-0.15, -0.1) is 0 Å². The zero-order valence-electron chi connectivity index (χ0n) is 13.8. The minimum Gasteiger partial charge on any atom is -0.340 e. The first-order valence-corrected chi connectivity index (χ1v) is 8.18. The standard InChI is InChI=1S/C16H20N6O3/c23-16(3-5-21-13-15(11-18-21)22(24)25)20-8-6-19(7-9-20)12-14-2-1-4-17-10-14/h1-2,4,10-11,13H,3,5-9,12H2. The number of pyridine rings is 1. The van der Waals surface area contributed by atoms with Gasteiger partial charge < -0.3 is 4.90 Å². The Morgan fingerprint density at radius 1 is 1.24 bits per heavy atom. The summed E-state index contributed by atoms with van der Waals surface area (Å²) in [6, 6.07) is 3.97. The number of nitro groups is 1. The molecule has 0 N–H and O–H groups in total. The third-order valence-corrected chi connectivity index (χ3v) is 4.24. The van der Waals surface area contributed by atoms with Gasteiger partial charge in [-0.05, 0) is 11.6 Å². The number of nitrogens with zero attached hydrogens (tertiary/aromatic N) is 6. The monoisotopic (exact) mass is 344 g/mol. The molecule has 0 radical (unpaired) electrons. The van der Waals surface area contributed by atoms with Crippen molar-refractivity contribution < 1.29 is 9.72 Å². The van der Waals surface area contributed by atoms with Crippen molar-refractivity contribution in [3.63, 3.8) is 0 Å². The molecule has 2 aromatic rings. The highest BCUT2D eigenvalue weighted by Gasteiger charge is 2.21. The van der Waals surface area contributed by atoms with Gasteiger partial charge >= 0.3 is 5.69 Å². The zero-order valence-corrected chi connectivity index (χ0v) is 13.8. The molecule has 0 spiro atoms. The maximum absolute atomic E-state index is 12.3. The molecule has 9 nitrogen and oxygen atoms in total. The van der Waals surface area contributed by atoms with Gasteiger partial charge in [-0.3, -0.25) is 29.5 Å². The molecule has 9 heteroatoms. The van der Waals surface area contributed by atoms with Gasteiger partial charge in [-0.25, -0.2) is 0 Å². The fourth-order valence-electron chi connectivity index (χ4n) is 2.84. The molecular formula is C16H20N6O3. The van der Waals surface area contributed by atoms with Crippen LogP contribution in [0.15, 0.2) is 36.9 Å². The summed E-state index contributed by atoms with van der Waals surface area (Å²) in [5, 5.41) is 14.5. The summed E-state index contributed by atoms with van der Waals surface area (Å²) in [7, 11) is 0. The summed E-state index contributed by atoms with van der Waals surface area (Å²) in [5.74, 6) is 0.0548. The lowest BCUT2D eigenvalue weighted by molar-refractivity contribution is -0.385. The van der Waals surface area contributed by atoms with Gasteiger partial charge in [0.2, 0.25) is 5.91 Å². The van der Waals surface area contributed by atoms with Crippen molar-refractivity contribution in [2.24, 2.45) is 0 Å². The van der Waals surface area contributed by atoms with Crippen molar-refractivity contribution in [2.75, 3.05) is 26.2 Å². The van der Waals surface area contributed by atoms with Gasteiger partial charge in [-0.2, -0.15) is 5.10 Å². The van der Waals surface area contributed by atoms with Crippen molar-refractivity contribution in [2.45, 2.75) is 19.5 Å². The number of carbonyl (C=O) groups is 1. The Hall–Kier alpha value is -2.81. The van der Waals surface area contributed by atoms with E-state index in [0.717, 1.165) is 19.6 Å². The average molecular weight is 344 g/mol. The molecule has 2 aromatic heterocycles. The van der Waals surface area contributed by atoms with E-state index in [0.29, 0.717) is 26.1 Å². The number of aromatic nitrogens is 3. The van der Waals surface area contributed by atoms with Crippen molar-refractivity contribution in [1.29, 1.82) is 0 Å². The predicted octanol–water partition coefficient (Wildman–Crippen LogP) is 0.921. The lowest BCUT2D eigenvalue weighted by atomic mass is 10.2. The summed E-state index contributed by atoms with van der Waals surface area (Å²) < 4.78 is 1.44. The molecule has 3 heterocycles. The molecule has 0 unspecified atom stereocenters. The number of rotatable bonds is 6. The van der Waals surface area contributed by atoms with Gasteiger partial charge in [0.25, 0.3) is 0 Å². The smallest absolute Gasteiger partial charge is 0.306 e. The molecule has 0 bridgehead atoms. The molecule has 1 aliphatic rings. The van der Waals surface area contributed by atoms with Crippen LogP contribution >= 0.6 is 0 Å². The van der Waals surface area contributed by atoms with Crippen LogP contribution in [0.4, 0.5) is 5.69 Å². The molecule has 0 atom stereocenters. The van der Waals surface area contributed by atoms with Crippen LogP contribution < -0.4 is 0 Å². The van der Waals surface area contributed by atoms with E-state index in [9.17, 15) is 14.9 Å². The lowest BCUT2D eigenvalue weighted by Crippen LogP contribution is -2.48. The summed E-state index contributed by atoms with van der Waals surface area (Å²) in [6.45, 7) is 4.23. The largest absolute Gasteiger partial charge is 0.340 e. The van der Waals surface area contributed by atoms with Gasteiger partial charge in [0.1, 0.15) is 12.4 Å². The van der Waals surface area contributed by atoms with Crippen LogP contribution in [0.1, 0.15) is 12.0 Å². The first kappa shape index (κ1) is 17.0. The van der Waals surface area contributed by atoms with Crippen molar-refractivity contribution in [3.8, 4) is 0 Å². The third-order valence-electron chi connectivity index (χ3n) is 4.24. The van der Waals surface area contributed by atoms with Gasteiger partial charge in [0.15, 0.2) is 0 Å². The number of aryl methyl sites for hydroxylation is 1. The molecule has 3 rings (SSSR count). The maximum atomic E-state index is 12.3. The predicted molar refractivity (Wildman–Crippen MR) is 89.6 cm³/mol. The van der Waals surface area contributed by atoms with Crippen LogP contribution in [0.2, 0.25) is 0 Å². The van der Waals surface area contributed by atoms with E-state index in [1.165, 1.54) is 22.6 Å². The van der Waals surface area contributed by atoms with Crippen LogP contribution in [0, 0.1) is 10.1 Å². The van der Waals surface area contributed by atoms with Crippen LogP contribution in [-0.2, 0) is 17.9 Å². The fraction of sp³-hybridized carbons (Fsp3) is 0.438. The highest BCUT2D eigenvalue weighted by molar-refractivity contribution is 5.76. The number of piperazine rings is 1. The Bertz CT molecular complexity index is 724. The Morgan fingerprint density at radius 2 is 2.04 bits per heavy atom. The van der Waals surface area contributed by atoms with E-state index in [4.69, 9.17) is 0 Å². The van der Waals surface area contributed by atoms with E-state index in [2.05, 4.69) is 15.0 Å². The molecule has 0 aromatic carbocycles. The second-order valence-electron chi connectivity index (χ2n) is 5.99. The molecule has 25 heavy (non-hydrogen) atoms. The normalized spacial score (nSPS) is 15.3. The highest BCUT2D eigenvalue weighted by Crippen LogP contribution is 2.11. The maximum Gasteiger partial charge on any atom is 0.306 e. The Morgan fingerprint density at radius 3 is 2.68 bits per heavy atom. The zero-order chi connectivity index (χ0) is 17.6. The van der Waals surface area contributed by atoms with Crippen LogP contribution in [0.5, 0.6) is 0 Å². The van der Waals surface area contributed by atoms with E-state index < -0.39 is 4.92 Å². The first-order chi connectivity index (χ1) is 12.1. The average Bonchev–Trinajstić information content (AvgIpc) is 3.11. The third kappa shape index (κ3) is 4.60. The Labute approximate surface area is 145 Å². The van der Waals surface area contributed by atoms with Crippen LogP contribution in [0.25, 0.3) is 0 Å².